The fourth-order valence-electron chi connectivity index (χ4n) is 2.70. The molecular weight excluding hydrogens is 356 g/mol. The molecule has 0 saturated carbocycles. The van der Waals surface area contributed by atoms with Crippen LogP contribution >= 0.6 is 0 Å². The number of nitrogens with one attached hydrogen (secondary N) is 2. The standard InChI is InChI=1S/C20H22N6O2/c1-13(2)12-26-16-17(25(4)20(28)22-18(16)27)21-19(26)24-23-14(3)10-11-15-8-6-5-7-9-15/h5-11H,1,12H2,2-4H3,(H,21,24)(H,22,27,28)/b11-10+,23-14+. The normalized spacial score (nSPS) is 12.0. The first kappa shape index (κ1) is 19.1. The predicted octanol–water partition coefficient (Wildman–Crippen LogP) is 2.50. The summed E-state index contributed by atoms with van der Waals surface area (Å²) >= 11 is 0. The van der Waals surface area contributed by atoms with Crippen molar-refractivity contribution in [3.8, 4) is 0 Å². The SMILES string of the molecule is C=C(C)Cn1c(N/N=C(C)/C=C/c2ccccc2)nc2c1c(=O)[nH]c(=O)n2C. The van der Waals surface area contributed by atoms with Gasteiger partial charge in [0.15, 0.2) is 11.2 Å². The van der Waals surface area contributed by atoms with Crippen LogP contribution in [-0.2, 0) is 13.6 Å². The largest absolute Gasteiger partial charge is 0.329 e. The van der Waals surface area contributed by atoms with Crippen molar-refractivity contribution in [1.82, 2.24) is 19.1 Å². The summed E-state index contributed by atoms with van der Waals surface area (Å²) in [6, 6.07) is 9.88. The molecule has 0 aliphatic carbocycles. The summed E-state index contributed by atoms with van der Waals surface area (Å²) in [5.74, 6) is 0.358. The Kier molecular flexibility index (Phi) is 5.39. The number of hydrogen-bond donors (Lipinski definition) is 2. The number of fused-ring (bicyclic) bond motifs is 1. The number of rotatable bonds is 6. The lowest BCUT2D eigenvalue weighted by Crippen LogP contribution is -2.29. The minimum Gasteiger partial charge on any atom is -0.299 e. The molecule has 1 aromatic carbocycles. The van der Waals surface area contributed by atoms with Crippen LogP contribution in [0.2, 0.25) is 0 Å². The van der Waals surface area contributed by atoms with Gasteiger partial charge >= 0.3 is 5.69 Å². The van der Waals surface area contributed by atoms with E-state index in [4.69, 9.17) is 0 Å². The van der Waals surface area contributed by atoms with Gasteiger partial charge in [-0.3, -0.25) is 18.9 Å². The molecule has 0 radical (unpaired) electrons. The molecule has 0 unspecified atom stereocenters. The van der Waals surface area contributed by atoms with E-state index in [1.54, 1.807) is 11.6 Å². The molecule has 3 rings (SSSR count). The van der Waals surface area contributed by atoms with Crippen LogP contribution in [0, 0.1) is 0 Å². The van der Waals surface area contributed by atoms with Gasteiger partial charge in [0.1, 0.15) is 0 Å². The molecule has 0 saturated heterocycles. The highest BCUT2D eigenvalue weighted by atomic mass is 16.2. The maximum Gasteiger partial charge on any atom is 0.329 e. The minimum absolute atomic E-state index is 0.283. The Hall–Kier alpha value is -3.68. The third-order valence-electron chi connectivity index (χ3n) is 4.08. The van der Waals surface area contributed by atoms with Crippen molar-refractivity contribution in [2.45, 2.75) is 20.4 Å². The highest BCUT2D eigenvalue weighted by Crippen LogP contribution is 2.17. The molecule has 0 aliphatic heterocycles. The number of nitrogens with zero attached hydrogens (tertiary/aromatic N) is 4. The Bertz CT molecular complexity index is 1200. The average Bonchev–Trinajstić information content (AvgIpc) is 3.02. The number of aryl methyl sites for hydroxylation is 1. The molecule has 0 spiro atoms. The summed E-state index contributed by atoms with van der Waals surface area (Å²) in [6.45, 7) is 7.97. The number of allylic oxidation sites excluding steroid dienone is 2. The summed E-state index contributed by atoms with van der Waals surface area (Å²) in [4.78, 5) is 30.9. The van der Waals surface area contributed by atoms with E-state index >= 15 is 0 Å². The van der Waals surface area contributed by atoms with E-state index in [-0.39, 0.29) is 5.65 Å². The second-order valence-corrected chi connectivity index (χ2v) is 6.58. The van der Waals surface area contributed by atoms with E-state index in [2.05, 4.69) is 27.1 Å². The van der Waals surface area contributed by atoms with Crippen molar-refractivity contribution in [2.75, 3.05) is 5.43 Å². The quantitative estimate of drug-likeness (QED) is 0.391. The summed E-state index contributed by atoms with van der Waals surface area (Å²) < 4.78 is 2.95. The topological polar surface area (TPSA) is 97.1 Å². The van der Waals surface area contributed by atoms with Crippen LogP contribution in [0.15, 0.2) is 63.3 Å². The molecule has 0 aliphatic rings. The summed E-state index contributed by atoms with van der Waals surface area (Å²) in [6.07, 6.45) is 3.82. The van der Waals surface area contributed by atoms with Crippen LogP contribution < -0.4 is 16.7 Å². The molecule has 2 heterocycles. The van der Waals surface area contributed by atoms with Gasteiger partial charge in [0.25, 0.3) is 5.56 Å². The second-order valence-electron chi connectivity index (χ2n) is 6.58. The number of imidazole rings is 1. The summed E-state index contributed by atoms with van der Waals surface area (Å²) in [7, 11) is 1.56. The van der Waals surface area contributed by atoms with Crippen LogP contribution in [0.4, 0.5) is 5.95 Å². The highest BCUT2D eigenvalue weighted by molar-refractivity contribution is 5.96. The van der Waals surface area contributed by atoms with Gasteiger partial charge in [-0.05, 0) is 25.5 Å². The van der Waals surface area contributed by atoms with Crippen molar-refractivity contribution >= 4 is 28.9 Å². The molecule has 2 aromatic heterocycles. The minimum atomic E-state index is -0.519. The monoisotopic (exact) mass is 378 g/mol. The zero-order chi connectivity index (χ0) is 20.3. The van der Waals surface area contributed by atoms with Crippen LogP contribution in [0.3, 0.4) is 0 Å². The van der Waals surface area contributed by atoms with Crippen LogP contribution in [0.25, 0.3) is 17.2 Å². The zero-order valence-electron chi connectivity index (χ0n) is 16.1. The number of hydrogen-bond acceptors (Lipinski definition) is 5. The van der Waals surface area contributed by atoms with E-state index in [0.717, 1.165) is 16.8 Å². The second kappa shape index (κ2) is 7.91. The van der Waals surface area contributed by atoms with Gasteiger partial charge in [0.05, 0.1) is 5.71 Å². The number of aromatic amines is 1. The van der Waals surface area contributed by atoms with Crippen LogP contribution in [0.5, 0.6) is 0 Å². The Morgan fingerprint density at radius 1 is 1.29 bits per heavy atom. The Labute approximate surface area is 161 Å². The third-order valence-corrected chi connectivity index (χ3v) is 4.08. The van der Waals surface area contributed by atoms with E-state index < -0.39 is 11.2 Å². The third kappa shape index (κ3) is 4.01. The molecule has 8 heteroatoms. The van der Waals surface area contributed by atoms with E-state index in [0.29, 0.717) is 18.0 Å². The van der Waals surface area contributed by atoms with Crippen molar-refractivity contribution in [1.29, 1.82) is 0 Å². The first-order chi connectivity index (χ1) is 13.4. The number of aromatic nitrogens is 4. The molecule has 144 valence electrons. The smallest absolute Gasteiger partial charge is 0.299 e. The molecule has 2 N–H and O–H groups in total. The van der Waals surface area contributed by atoms with Crippen LogP contribution in [-0.4, -0.2) is 24.8 Å². The maximum absolute atomic E-state index is 12.3. The van der Waals surface area contributed by atoms with Crippen molar-refractivity contribution in [3.63, 3.8) is 0 Å². The Morgan fingerprint density at radius 2 is 2.00 bits per heavy atom. The first-order valence-electron chi connectivity index (χ1n) is 8.74. The molecule has 0 fully saturated rings. The van der Waals surface area contributed by atoms with Gasteiger partial charge in [-0.2, -0.15) is 10.1 Å². The van der Waals surface area contributed by atoms with Gasteiger partial charge in [-0.1, -0.05) is 48.6 Å². The fraction of sp³-hybridized carbons (Fsp3) is 0.200. The van der Waals surface area contributed by atoms with E-state index in [1.807, 2.05) is 56.3 Å². The van der Waals surface area contributed by atoms with Crippen molar-refractivity contribution < 1.29 is 0 Å². The molecular formula is C20H22N6O2. The highest BCUT2D eigenvalue weighted by Gasteiger charge is 2.17. The fourth-order valence-corrected chi connectivity index (χ4v) is 2.70. The Balaban J connectivity index is 1.98. The molecule has 0 atom stereocenters. The van der Waals surface area contributed by atoms with Crippen molar-refractivity contribution in [2.24, 2.45) is 12.1 Å². The van der Waals surface area contributed by atoms with E-state index in [9.17, 15) is 9.59 Å². The molecule has 3 aromatic rings. The summed E-state index contributed by atoms with van der Waals surface area (Å²) in [5, 5.41) is 4.32. The molecule has 0 amide bonds. The number of H-pyrrole nitrogens is 1. The molecule has 0 bridgehead atoms. The Morgan fingerprint density at radius 3 is 2.68 bits per heavy atom. The van der Waals surface area contributed by atoms with Crippen LogP contribution in [0.1, 0.15) is 19.4 Å². The number of benzene rings is 1. The lowest BCUT2D eigenvalue weighted by Gasteiger charge is -2.07. The lowest BCUT2D eigenvalue weighted by atomic mass is 10.2. The average molecular weight is 378 g/mol. The van der Waals surface area contributed by atoms with Crippen molar-refractivity contribution in [3.05, 3.63) is 75.0 Å². The van der Waals surface area contributed by atoms with Gasteiger partial charge in [-0.15, -0.1) is 0 Å². The number of anilines is 1. The lowest BCUT2D eigenvalue weighted by molar-refractivity contribution is 0.799. The molecule has 28 heavy (non-hydrogen) atoms. The van der Waals surface area contributed by atoms with Gasteiger partial charge in [-0.25, -0.2) is 10.2 Å². The maximum atomic E-state index is 12.3. The van der Waals surface area contributed by atoms with E-state index in [1.165, 1.54) is 4.57 Å². The predicted molar refractivity (Wildman–Crippen MR) is 113 cm³/mol. The summed E-state index contributed by atoms with van der Waals surface area (Å²) in [5.41, 5.74) is 5.08. The van der Waals surface area contributed by atoms with Gasteiger partial charge in [0.2, 0.25) is 5.95 Å². The first-order valence-corrected chi connectivity index (χ1v) is 8.74. The van der Waals surface area contributed by atoms with Gasteiger partial charge in [0, 0.05) is 13.6 Å². The number of hydrazone groups is 1. The zero-order valence-corrected chi connectivity index (χ0v) is 16.1. The van der Waals surface area contributed by atoms with Gasteiger partial charge < -0.3 is 0 Å². The molecule has 8 nitrogen and oxygen atoms in total.